The van der Waals surface area contributed by atoms with Gasteiger partial charge in [-0.15, -0.1) is 0 Å². The van der Waals surface area contributed by atoms with Crippen LogP contribution in [0, 0.1) is 55.4 Å². The maximum atomic E-state index is 10.9. The number of phenolic OH excluding ortho intramolecular Hbond substituents is 2. The van der Waals surface area contributed by atoms with Crippen LogP contribution in [0.2, 0.25) is 0 Å². The number of aryl methyl sites for hydroxylation is 8. The van der Waals surface area contributed by atoms with E-state index in [9.17, 15) is 20.4 Å². The molecule has 0 saturated carbocycles. The van der Waals surface area contributed by atoms with E-state index in [0.29, 0.717) is 70.8 Å². The number of rotatable bonds is 22. The van der Waals surface area contributed by atoms with Crippen LogP contribution in [0.15, 0.2) is 109 Å². The van der Waals surface area contributed by atoms with Crippen molar-refractivity contribution >= 4 is 0 Å². The molecule has 79 heavy (non-hydrogen) atoms. The number of aromatic hydroxyl groups is 2. The molecular weight excluding hydrogens is 993 g/mol. The first-order valence-corrected chi connectivity index (χ1v) is 26.8. The van der Waals surface area contributed by atoms with Crippen molar-refractivity contribution in [3.63, 3.8) is 0 Å². The third-order valence-electron chi connectivity index (χ3n) is 13.0. The lowest BCUT2D eigenvalue weighted by Gasteiger charge is -2.14. The maximum absolute atomic E-state index is 10.9. The van der Waals surface area contributed by atoms with E-state index in [-0.39, 0.29) is 45.4 Å². The molecule has 0 amide bonds. The summed E-state index contributed by atoms with van der Waals surface area (Å²) in [6.45, 7) is 22.3. The van der Waals surface area contributed by atoms with Crippen molar-refractivity contribution in [3.05, 3.63) is 154 Å². The fourth-order valence-electron chi connectivity index (χ4n) is 8.73. The Kier molecular flexibility index (Phi) is 22.1. The number of hydrogen-bond acceptors (Lipinski definition) is 14. The number of aliphatic hydroxyl groups is 2. The van der Waals surface area contributed by atoms with Crippen LogP contribution in [0.1, 0.15) is 91.5 Å². The first-order chi connectivity index (χ1) is 37.5. The van der Waals surface area contributed by atoms with Crippen molar-refractivity contribution in [1.82, 2.24) is 29.9 Å². The molecule has 8 aromatic rings. The van der Waals surface area contributed by atoms with Gasteiger partial charge in [-0.1, -0.05) is 129 Å². The van der Waals surface area contributed by atoms with E-state index < -0.39 is 12.2 Å². The molecule has 0 radical (unpaired) electrons. The molecule has 6 aromatic carbocycles. The van der Waals surface area contributed by atoms with Gasteiger partial charge in [-0.2, -0.15) is 0 Å². The van der Waals surface area contributed by atoms with Crippen LogP contribution < -0.4 is 9.47 Å². The maximum Gasteiger partial charge on any atom is 0.167 e. The van der Waals surface area contributed by atoms with Crippen molar-refractivity contribution in [3.8, 4) is 91.3 Å². The normalized spacial score (nSPS) is 11.8. The van der Waals surface area contributed by atoms with Gasteiger partial charge in [-0.3, -0.25) is 0 Å². The monoisotopic (exact) mass is 1070 g/mol. The van der Waals surface area contributed by atoms with Crippen molar-refractivity contribution in [2.75, 3.05) is 39.6 Å². The summed E-state index contributed by atoms with van der Waals surface area (Å²) >= 11 is 0. The Morgan fingerprint density at radius 3 is 0.886 bits per heavy atom. The number of ether oxygens (including phenoxy) is 4. The average molecular weight is 1070 g/mol. The highest BCUT2D eigenvalue weighted by atomic mass is 16.5. The number of unbranched alkanes of at least 4 members (excludes halogenated alkanes) is 2. The molecule has 0 aliphatic carbocycles. The van der Waals surface area contributed by atoms with Gasteiger partial charge < -0.3 is 39.4 Å². The van der Waals surface area contributed by atoms with Gasteiger partial charge in [0, 0.05) is 47.6 Å². The van der Waals surface area contributed by atoms with Crippen LogP contribution in [-0.2, 0) is 9.47 Å². The molecule has 4 N–H and O–H groups in total. The fraction of sp³-hybridized carbons (Fsp3) is 0.354. The van der Waals surface area contributed by atoms with Crippen LogP contribution in [0.4, 0.5) is 0 Å². The summed E-state index contributed by atoms with van der Waals surface area (Å²) < 4.78 is 22.3. The highest BCUT2D eigenvalue weighted by Crippen LogP contribution is 2.36. The quantitative estimate of drug-likeness (QED) is 0.0468. The predicted molar refractivity (Wildman–Crippen MR) is 315 cm³/mol. The third kappa shape index (κ3) is 16.7. The molecule has 0 saturated heterocycles. The Labute approximate surface area is 466 Å². The highest BCUT2D eigenvalue weighted by molar-refractivity contribution is 5.74. The molecule has 2 heterocycles. The van der Waals surface area contributed by atoms with Crippen LogP contribution >= 0.6 is 0 Å². The van der Waals surface area contributed by atoms with Crippen LogP contribution in [0.3, 0.4) is 0 Å². The standard InChI is InChI=1S/2C32H37N3O4.CH4/c2*1-6-7-14-38-18-24(36)19-39-25-10-13-28(29(37)17-25)32-34-30(26-11-8-20(2)15-22(26)4)33-31(35-32)27-12-9-21(3)16-23(27)5;/h2*8-13,15-17,24,36-37H,6-7,14,18-19H2,1-5H3;1H4. The predicted octanol–water partition coefficient (Wildman–Crippen LogP) is 13.4. The summed E-state index contributed by atoms with van der Waals surface area (Å²) in [7, 11) is 0. The van der Waals surface area contributed by atoms with Crippen molar-refractivity contribution in [1.29, 1.82) is 0 Å². The summed E-state index contributed by atoms with van der Waals surface area (Å²) in [5, 5.41) is 42.2. The first kappa shape index (κ1) is 60.6. The van der Waals surface area contributed by atoms with E-state index in [1.165, 1.54) is 12.1 Å². The van der Waals surface area contributed by atoms with Crippen LogP contribution in [0.5, 0.6) is 23.0 Å². The van der Waals surface area contributed by atoms with Gasteiger partial charge in [0.15, 0.2) is 34.9 Å². The lowest BCUT2D eigenvalue weighted by molar-refractivity contribution is 0.0113. The van der Waals surface area contributed by atoms with Crippen molar-refractivity contribution in [2.45, 2.75) is 115 Å². The minimum Gasteiger partial charge on any atom is -0.507 e. The van der Waals surface area contributed by atoms with Crippen LogP contribution in [-0.4, -0.2) is 102 Å². The largest absolute Gasteiger partial charge is 0.507 e. The Bertz CT molecular complexity index is 2950. The minimum atomic E-state index is -0.757. The highest BCUT2D eigenvalue weighted by Gasteiger charge is 2.20. The van der Waals surface area contributed by atoms with E-state index in [2.05, 4.69) is 65.8 Å². The SMILES string of the molecule is C.CCCCOCC(O)COc1ccc(-c2nc(-c3ccc(C)cc3C)nc(-c3ccc(C)cc3C)n2)c(O)c1.CCCCOCC(O)COc1ccc(-c2nc(-c3ccc(C)cc3C)nc(-c3ccc(C)cc3C)n2)c(O)c1. The van der Waals surface area contributed by atoms with Gasteiger partial charge in [0.1, 0.15) is 48.4 Å². The molecule has 8 rings (SSSR count). The van der Waals surface area contributed by atoms with Gasteiger partial charge in [0.05, 0.1) is 24.3 Å². The lowest BCUT2D eigenvalue weighted by Crippen LogP contribution is -2.23. The van der Waals surface area contributed by atoms with E-state index in [1.54, 1.807) is 24.3 Å². The zero-order chi connectivity index (χ0) is 55.9. The molecule has 416 valence electrons. The molecule has 14 nitrogen and oxygen atoms in total. The molecule has 0 bridgehead atoms. The number of benzene rings is 6. The Balaban J connectivity index is 0.000000252. The molecule has 2 aromatic heterocycles. The lowest BCUT2D eigenvalue weighted by atomic mass is 10.0. The molecular formula is C65H78N6O8. The molecule has 14 heteroatoms. The zero-order valence-electron chi connectivity index (χ0n) is 46.7. The molecule has 2 unspecified atom stereocenters. The second-order valence-electron chi connectivity index (χ2n) is 20.0. The molecule has 0 spiro atoms. The van der Waals surface area contributed by atoms with Crippen molar-refractivity contribution in [2.24, 2.45) is 0 Å². The van der Waals surface area contributed by atoms with Gasteiger partial charge in [0.25, 0.3) is 0 Å². The molecule has 2 atom stereocenters. The zero-order valence-corrected chi connectivity index (χ0v) is 46.7. The Hall–Kier alpha value is -7.62. The Morgan fingerprint density at radius 1 is 0.367 bits per heavy atom. The van der Waals surface area contributed by atoms with E-state index in [1.807, 2.05) is 76.2 Å². The van der Waals surface area contributed by atoms with Gasteiger partial charge in [-0.05, 0) is 115 Å². The topological polar surface area (TPSA) is 195 Å². The second-order valence-corrected chi connectivity index (χ2v) is 20.0. The smallest absolute Gasteiger partial charge is 0.167 e. The number of nitrogens with zero attached hydrogens (tertiary/aromatic N) is 6. The third-order valence-corrected chi connectivity index (χ3v) is 13.0. The summed E-state index contributed by atoms with van der Waals surface area (Å²) in [6.07, 6.45) is 2.47. The number of aromatic nitrogens is 6. The molecule has 0 fully saturated rings. The summed E-state index contributed by atoms with van der Waals surface area (Å²) in [6, 6.07) is 34.6. The number of hydrogen-bond donors (Lipinski definition) is 4. The molecule has 0 aliphatic rings. The van der Waals surface area contributed by atoms with Crippen LogP contribution in [0.25, 0.3) is 68.3 Å². The average Bonchev–Trinajstić information content (AvgIpc) is 3.43. The summed E-state index contributed by atoms with van der Waals surface area (Å²) in [4.78, 5) is 28.8. The van der Waals surface area contributed by atoms with E-state index in [0.717, 1.165) is 92.4 Å². The molecule has 0 aliphatic heterocycles. The van der Waals surface area contributed by atoms with Crippen molar-refractivity contribution < 1.29 is 39.4 Å². The first-order valence-electron chi connectivity index (χ1n) is 26.8. The van der Waals surface area contributed by atoms with E-state index in [4.69, 9.17) is 48.9 Å². The number of aliphatic hydroxyl groups excluding tert-OH is 2. The Morgan fingerprint density at radius 2 is 0.633 bits per heavy atom. The minimum absolute atomic E-state index is 0. The van der Waals surface area contributed by atoms with Gasteiger partial charge in [-0.25, -0.2) is 29.9 Å². The van der Waals surface area contributed by atoms with E-state index >= 15 is 0 Å². The van der Waals surface area contributed by atoms with Gasteiger partial charge in [0.2, 0.25) is 0 Å². The summed E-state index contributed by atoms with van der Waals surface area (Å²) in [5.41, 5.74) is 13.4. The number of phenols is 2. The van der Waals surface area contributed by atoms with Gasteiger partial charge >= 0.3 is 0 Å². The fourth-order valence-corrected chi connectivity index (χ4v) is 8.73. The second kappa shape index (κ2) is 28.8. The summed E-state index contributed by atoms with van der Waals surface area (Å²) in [5.74, 6) is 3.71.